The number of fused-ring (bicyclic) bond motifs is 6. The van der Waals surface area contributed by atoms with Crippen molar-refractivity contribution < 1.29 is 58.4 Å². The van der Waals surface area contributed by atoms with Crippen LogP contribution in [0, 0.1) is 11.8 Å². The zero-order valence-corrected chi connectivity index (χ0v) is 59.1. The van der Waals surface area contributed by atoms with Gasteiger partial charge in [-0.3, -0.25) is 53.3 Å². The van der Waals surface area contributed by atoms with Crippen LogP contribution in [0.15, 0.2) is 186 Å². The number of anilines is 3. The van der Waals surface area contributed by atoms with Crippen molar-refractivity contribution in [2.45, 2.75) is 67.2 Å². The number of hydrogen-bond acceptors (Lipinski definition) is 23. The number of carbonyl (C=O) groups excluding carboxylic acids is 3. The van der Waals surface area contributed by atoms with Crippen LogP contribution in [0.5, 0.6) is 11.5 Å². The highest BCUT2D eigenvalue weighted by Gasteiger charge is 2.54. The Bertz CT molecular complexity index is 4900. The number of oxime groups is 1. The number of amides is 2. The first-order valence-electron chi connectivity index (χ1n) is 31.6. The maximum atomic E-state index is 12.9. The number of aryl methyl sites for hydroxylation is 1. The van der Waals surface area contributed by atoms with Crippen LogP contribution in [0.25, 0.3) is 21.9 Å². The van der Waals surface area contributed by atoms with E-state index < -0.39 is 63.9 Å². The Morgan fingerprint density at radius 1 is 0.941 bits per heavy atom. The minimum atomic E-state index is -1.31. The van der Waals surface area contributed by atoms with E-state index in [0.717, 1.165) is 75.3 Å². The summed E-state index contributed by atoms with van der Waals surface area (Å²) in [5.74, 6) is -1.90. The minimum Gasteiger partial charge on any atom is -0.507 e. The molecule has 5 aromatic carbocycles. The fourth-order valence-electron chi connectivity index (χ4n) is 12.4. The van der Waals surface area contributed by atoms with E-state index in [1.54, 1.807) is 74.0 Å². The number of aromatic nitrogens is 5. The van der Waals surface area contributed by atoms with Gasteiger partial charge in [0.15, 0.2) is 16.0 Å². The molecule has 9 N–H and O–H groups in total. The van der Waals surface area contributed by atoms with Gasteiger partial charge in [0.25, 0.3) is 11.8 Å². The summed E-state index contributed by atoms with van der Waals surface area (Å²) in [6, 6.07) is 35.3. The normalized spacial score (nSPS) is 18.7. The number of hydrogen-bond donors (Lipinski definition) is 8. The molecule has 4 aromatic heterocycles. The van der Waals surface area contributed by atoms with Gasteiger partial charge >= 0.3 is 28.7 Å². The predicted molar refractivity (Wildman–Crippen MR) is 391 cm³/mol. The number of aromatic hydroxyl groups is 1. The highest BCUT2D eigenvalue weighted by atomic mass is 35.5. The summed E-state index contributed by atoms with van der Waals surface area (Å²) in [4.78, 5) is 116. The van der Waals surface area contributed by atoms with E-state index in [2.05, 4.69) is 53.4 Å². The standard InChI is InChI=1S/C20H24N2O2.C19H16O4.C18H18N8O7S3.C14H11Cl2NO2/c1-3-13-12-22-9-7-14(13)10-19(22)20(23)16-6-8-21-18-5-4-15(24-2)11-17(16)18;1-12(20)11-15(13-7-3-2-4-8-13)17-18(21)14-9-5-6-10-16(14)23-19(17)22;1-25-18(22-12(28)13(29)23-25)36-4-6-3-34-15-9(14(30)26(15)10(6)16(31)32)21-11(27)8(24-33-2)7-5-35-17(19)20-7;15-10-5-3-6-11(16)14(10)17-12-7-2-1-4-9(12)8-13(18)19/h3-6,8,11,13-14,19-20,23H,1,7,9-10,12H2,2H3;2-10,15,21H,11H2,1H3;5,9,15H,3-4H2,1-2H3,(H2,19,20)(H,21,27)(H,23,29)(H,31,32);1-7,17H,8H2,(H,18,19)/b;;24-8-;/t13-,14-,19-,20+;;9-,15-;/m0.1./s1. The number of nitrogens with two attached hydrogens (primary N) is 1. The molecule has 31 heteroatoms. The number of aliphatic hydroxyl groups excluding tert-OH is 1. The molecule has 5 aliphatic heterocycles. The second kappa shape index (κ2) is 33.6. The summed E-state index contributed by atoms with van der Waals surface area (Å²) in [5.41, 5.74) is 8.40. The van der Waals surface area contributed by atoms with Crippen LogP contribution in [0.3, 0.4) is 0 Å². The average molecular weight is 1480 g/mol. The summed E-state index contributed by atoms with van der Waals surface area (Å²) in [6.45, 7) is 7.54. The molecule has 0 saturated carbocycles. The molecule has 14 rings (SSSR count). The maximum Gasteiger partial charge on any atom is 0.352 e. The van der Waals surface area contributed by atoms with Crippen LogP contribution in [0.2, 0.25) is 10.0 Å². The first-order chi connectivity index (χ1) is 49.0. The van der Waals surface area contributed by atoms with Gasteiger partial charge in [0.1, 0.15) is 52.8 Å². The molecule has 8 atom stereocenters. The summed E-state index contributed by atoms with van der Waals surface area (Å²) in [7, 11) is 4.40. The SMILES string of the molecule is C=C[C@H]1CN2CC[C@H]1C[C@H]2[C@H](O)c1ccnc2ccc(OC)cc12.CC(=O)CC(c1ccccc1)c1c(O)c2ccccc2oc1=O.CO/N=C(\C(=O)N[C@@H]1C(=O)N2C(C(=O)O)=C(CSc3nc(=O)c(=O)[nH]n3C)CS[C@H]12)c1csc(N)n1.O=C(O)Cc1ccccc1Nc1c(Cl)cccc1Cl. The lowest BCUT2D eigenvalue weighted by atomic mass is 9.73. The third-order valence-corrected chi connectivity index (χ3v) is 21.0. The molecule has 0 aliphatic carbocycles. The first kappa shape index (κ1) is 74.5. The number of carboxylic acids is 2. The molecule has 4 fully saturated rings. The van der Waals surface area contributed by atoms with Crippen molar-refractivity contribution in [3.05, 3.63) is 226 Å². The number of benzene rings is 5. The van der Waals surface area contributed by atoms with Crippen molar-refractivity contribution in [3.8, 4) is 11.5 Å². The number of aliphatic hydroxyl groups is 1. The number of nitrogens with one attached hydrogen (secondary N) is 3. The quantitative estimate of drug-likeness (QED) is 0.00669. The summed E-state index contributed by atoms with van der Waals surface area (Å²) in [6.07, 6.45) is 5.68. The number of Topliss-reactive ketones (excluding diaryl/α,β-unsaturated/α-hetero) is 1. The number of methoxy groups -OCH3 is 1. The van der Waals surface area contributed by atoms with Crippen molar-refractivity contribution in [1.82, 2.24) is 39.8 Å². The molecular weight excluding hydrogens is 1410 g/mol. The van der Waals surface area contributed by atoms with Gasteiger partial charge in [-0.1, -0.05) is 113 Å². The number of ether oxygens (including phenoxy) is 1. The van der Waals surface area contributed by atoms with Gasteiger partial charge in [-0.25, -0.2) is 14.6 Å². The summed E-state index contributed by atoms with van der Waals surface area (Å²) >= 11 is 15.6. The maximum absolute atomic E-state index is 12.9. The number of ketones is 1. The zero-order chi connectivity index (χ0) is 73.1. The number of carbonyl (C=O) groups is 5. The number of rotatable bonds is 20. The van der Waals surface area contributed by atoms with Crippen LogP contribution in [-0.4, -0.2) is 146 Å². The summed E-state index contributed by atoms with van der Waals surface area (Å²) in [5, 5.41) is 55.8. The molecule has 0 spiro atoms. The van der Waals surface area contributed by atoms with E-state index in [1.165, 1.54) is 49.3 Å². The molecule has 4 saturated heterocycles. The Kier molecular flexibility index (Phi) is 24.5. The lowest BCUT2D eigenvalue weighted by molar-refractivity contribution is -0.150. The largest absolute Gasteiger partial charge is 0.507 e. The van der Waals surface area contributed by atoms with Gasteiger partial charge in [-0.15, -0.1) is 29.7 Å². The molecule has 530 valence electrons. The lowest BCUT2D eigenvalue weighted by Crippen LogP contribution is -2.71. The van der Waals surface area contributed by atoms with Crippen LogP contribution in [0.4, 0.5) is 16.5 Å². The number of nitrogens with zero attached hydrogens (tertiary/aromatic N) is 7. The van der Waals surface area contributed by atoms with Crippen LogP contribution in [0.1, 0.15) is 66.2 Å². The highest BCUT2D eigenvalue weighted by Crippen LogP contribution is 2.44. The van der Waals surface area contributed by atoms with Crippen molar-refractivity contribution in [1.29, 1.82) is 0 Å². The number of β-lactam (4-membered cyclic amide) rings is 1. The fraction of sp³-hybridized carbons (Fsp3) is 0.268. The minimum absolute atomic E-state index is 0.0641. The third kappa shape index (κ3) is 17.1. The lowest BCUT2D eigenvalue weighted by Gasteiger charge is -2.50. The van der Waals surface area contributed by atoms with E-state index in [1.807, 2.05) is 60.7 Å². The third-order valence-electron chi connectivity index (χ3n) is 17.3. The van der Waals surface area contributed by atoms with E-state index in [9.17, 15) is 53.7 Å². The number of aliphatic carboxylic acids is 2. The molecule has 9 heterocycles. The van der Waals surface area contributed by atoms with Crippen molar-refractivity contribution in [3.63, 3.8) is 0 Å². The number of nitrogen functional groups attached to an aromatic ring is 1. The van der Waals surface area contributed by atoms with Gasteiger partial charge in [0, 0.05) is 66.1 Å². The molecule has 2 bridgehead atoms. The van der Waals surface area contributed by atoms with Crippen LogP contribution in [-0.2, 0) is 42.3 Å². The first-order valence-corrected chi connectivity index (χ1v) is 35.3. The molecule has 26 nitrogen and oxygen atoms in total. The number of pyridine rings is 1. The number of aromatic amines is 1. The Morgan fingerprint density at radius 3 is 2.33 bits per heavy atom. The van der Waals surface area contributed by atoms with E-state index in [-0.39, 0.29) is 74.9 Å². The number of para-hydroxylation sites is 3. The topological polar surface area (TPSA) is 377 Å². The molecule has 2 unspecified atom stereocenters. The van der Waals surface area contributed by atoms with E-state index in [0.29, 0.717) is 55.4 Å². The monoisotopic (exact) mass is 1480 g/mol. The van der Waals surface area contributed by atoms with Crippen LogP contribution < -0.4 is 37.8 Å². The van der Waals surface area contributed by atoms with Gasteiger partial charge in [-0.05, 0) is 115 Å². The van der Waals surface area contributed by atoms with E-state index >= 15 is 0 Å². The fourth-order valence-corrected chi connectivity index (χ4v) is 15.9. The molecule has 102 heavy (non-hydrogen) atoms. The number of piperidine rings is 3. The molecule has 9 aromatic rings. The van der Waals surface area contributed by atoms with Crippen molar-refractivity contribution in [2.75, 3.05) is 49.9 Å². The smallest absolute Gasteiger partial charge is 0.352 e. The molecular formula is C71H69Cl2N11O15S3. The van der Waals surface area contributed by atoms with E-state index in [4.69, 9.17) is 48.0 Å². The van der Waals surface area contributed by atoms with Crippen molar-refractivity contribution >= 4 is 132 Å². The highest BCUT2D eigenvalue weighted by molar-refractivity contribution is 8.01. The Morgan fingerprint density at radius 2 is 1.67 bits per heavy atom. The zero-order valence-electron chi connectivity index (χ0n) is 55.2. The summed E-state index contributed by atoms with van der Waals surface area (Å²) < 4.78 is 11.9. The number of thiazole rings is 1. The van der Waals surface area contributed by atoms with Crippen LogP contribution >= 0.6 is 58.1 Å². The molecule has 2 amide bonds. The van der Waals surface area contributed by atoms with Gasteiger partial charge in [-0.2, -0.15) is 4.98 Å². The number of H-pyrrole nitrogens is 1. The average Bonchev–Trinajstić information content (AvgIpc) is 0.739. The Labute approximate surface area is 604 Å². The number of halogens is 2. The Hall–Kier alpha value is -10.1. The second-order valence-corrected chi connectivity index (χ2v) is 27.5. The molecule has 5 aliphatic rings. The van der Waals surface area contributed by atoms with Crippen molar-refractivity contribution in [2.24, 2.45) is 24.0 Å². The van der Waals surface area contributed by atoms with Gasteiger partial charge < -0.3 is 50.8 Å². The van der Waals surface area contributed by atoms with Gasteiger partial charge in [0.05, 0.1) is 51.8 Å². The predicted octanol–water partition coefficient (Wildman–Crippen LogP) is 9.54. The number of thioether (sulfide) groups is 2. The second-order valence-electron chi connectivity index (χ2n) is 23.7. The van der Waals surface area contributed by atoms with Gasteiger partial charge in [0.2, 0.25) is 0 Å². The number of carboxylic acid groups (broad SMARTS) is 2. The molecule has 0 radical (unpaired) electrons. The Balaban J connectivity index is 0.000000151.